The number of carbonyl (C=O) groups is 1. The number of rotatable bonds is 4. The van der Waals surface area contributed by atoms with Crippen molar-refractivity contribution in [3.8, 4) is 0 Å². The zero-order chi connectivity index (χ0) is 18.1. The highest BCUT2D eigenvalue weighted by Crippen LogP contribution is 2.32. The van der Waals surface area contributed by atoms with Gasteiger partial charge in [0.2, 0.25) is 0 Å². The van der Waals surface area contributed by atoms with Gasteiger partial charge in [0.1, 0.15) is 5.52 Å². The number of hydrogen-bond donors (Lipinski definition) is 1. The van der Waals surface area contributed by atoms with Gasteiger partial charge in [0.05, 0.1) is 17.3 Å². The van der Waals surface area contributed by atoms with Gasteiger partial charge in [-0.05, 0) is 31.7 Å². The number of fused-ring (bicyclic) bond motifs is 1. The molecular formula is C18H22N6OS. The number of imidazole rings is 1. The molecule has 0 saturated heterocycles. The zero-order valence-corrected chi connectivity index (χ0v) is 15.7. The van der Waals surface area contributed by atoms with Crippen LogP contribution in [-0.4, -0.2) is 41.5 Å². The number of thioether (sulfide) groups is 1. The summed E-state index contributed by atoms with van der Waals surface area (Å²) in [6, 6.07) is 2.08. The fourth-order valence-corrected chi connectivity index (χ4v) is 4.51. The third-order valence-electron chi connectivity index (χ3n) is 4.92. The highest BCUT2D eigenvalue weighted by molar-refractivity contribution is 7.99. The first-order valence-electron chi connectivity index (χ1n) is 8.83. The van der Waals surface area contributed by atoms with Crippen LogP contribution in [0.5, 0.6) is 0 Å². The summed E-state index contributed by atoms with van der Waals surface area (Å²) in [5.74, 6) is -0.0548. The molecule has 8 heteroatoms. The van der Waals surface area contributed by atoms with Crippen molar-refractivity contribution < 1.29 is 4.79 Å². The summed E-state index contributed by atoms with van der Waals surface area (Å²) >= 11 is 1.84. The lowest BCUT2D eigenvalue weighted by atomic mass is 9.95. The lowest BCUT2D eigenvalue weighted by molar-refractivity contribution is 0.0928. The summed E-state index contributed by atoms with van der Waals surface area (Å²) in [5, 5.41) is 8.96. The summed E-state index contributed by atoms with van der Waals surface area (Å²) in [5.41, 5.74) is 2.26. The van der Waals surface area contributed by atoms with E-state index in [-0.39, 0.29) is 11.9 Å². The maximum atomic E-state index is 12.6. The van der Waals surface area contributed by atoms with Crippen molar-refractivity contribution in [2.24, 2.45) is 14.1 Å². The summed E-state index contributed by atoms with van der Waals surface area (Å²) in [4.78, 5) is 21.3. The molecule has 1 amide bonds. The largest absolute Gasteiger partial charge is 0.349 e. The monoisotopic (exact) mass is 370 g/mol. The first-order valence-corrected chi connectivity index (χ1v) is 9.70. The molecule has 26 heavy (non-hydrogen) atoms. The Kier molecular flexibility index (Phi) is 4.67. The second-order valence-corrected chi connectivity index (χ2v) is 8.05. The quantitative estimate of drug-likeness (QED) is 0.764. The van der Waals surface area contributed by atoms with Gasteiger partial charge in [0, 0.05) is 44.0 Å². The molecule has 0 aromatic carbocycles. The molecule has 1 aliphatic rings. The van der Waals surface area contributed by atoms with Crippen molar-refractivity contribution in [2.75, 3.05) is 0 Å². The molecule has 136 valence electrons. The molecule has 3 aromatic heterocycles. The van der Waals surface area contributed by atoms with Crippen LogP contribution in [-0.2, 0) is 14.1 Å². The standard InChI is InChI=1S/C18H22N6OS/c1-23-8-7-19-18(23)26-14-5-3-13(4-6-14)22-17(25)12-9-16-15(20-10-12)11-21-24(16)2/h7-11,13-14H,3-6H2,1-2H3,(H,22,25). The van der Waals surface area contributed by atoms with Crippen molar-refractivity contribution in [1.82, 2.24) is 29.6 Å². The number of nitrogens with zero attached hydrogens (tertiary/aromatic N) is 5. The number of carbonyl (C=O) groups excluding carboxylic acids is 1. The van der Waals surface area contributed by atoms with Crippen LogP contribution < -0.4 is 5.32 Å². The summed E-state index contributed by atoms with van der Waals surface area (Å²) < 4.78 is 3.79. The summed E-state index contributed by atoms with van der Waals surface area (Å²) in [6.07, 6.45) is 11.3. The molecule has 0 radical (unpaired) electrons. The molecule has 0 bridgehead atoms. The molecule has 0 atom stereocenters. The van der Waals surface area contributed by atoms with Crippen molar-refractivity contribution >= 4 is 28.7 Å². The molecule has 4 rings (SSSR count). The van der Waals surface area contributed by atoms with E-state index >= 15 is 0 Å². The van der Waals surface area contributed by atoms with E-state index in [1.54, 1.807) is 17.1 Å². The van der Waals surface area contributed by atoms with Gasteiger partial charge in [0.25, 0.3) is 5.91 Å². The first kappa shape index (κ1) is 17.1. The van der Waals surface area contributed by atoms with Crippen LogP contribution in [0.3, 0.4) is 0 Å². The topological polar surface area (TPSA) is 77.6 Å². The van der Waals surface area contributed by atoms with E-state index in [0.717, 1.165) is 41.9 Å². The second kappa shape index (κ2) is 7.11. The normalized spacial score (nSPS) is 20.4. The highest BCUT2D eigenvalue weighted by Gasteiger charge is 2.24. The average Bonchev–Trinajstić information content (AvgIpc) is 3.22. The van der Waals surface area contributed by atoms with Crippen LogP contribution in [0.25, 0.3) is 11.0 Å². The minimum Gasteiger partial charge on any atom is -0.349 e. The third-order valence-corrected chi connectivity index (χ3v) is 6.33. The van der Waals surface area contributed by atoms with E-state index in [1.807, 2.05) is 44.3 Å². The number of hydrogen-bond acceptors (Lipinski definition) is 5. The van der Waals surface area contributed by atoms with Gasteiger partial charge in [-0.25, -0.2) is 4.98 Å². The molecule has 1 fully saturated rings. The van der Waals surface area contributed by atoms with Gasteiger partial charge in [0.15, 0.2) is 5.16 Å². The molecule has 3 heterocycles. The smallest absolute Gasteiger partial charge is 0.253 e. The van der Waals surface area contributed by atoms with E-state index in [2.05, 4.69) is 25.0 Å². The number of aryl methyl sites for hydroxylation is 2. The number of amides is 1. The van der Waals surface area contributed by atoms with E-state index in [9.17, 15) is 4.79 Å². The molecule has 0 unspecified atom stereocenters. The highest BCUT2D eigenvalue weighted by atomic mass is 32.2. The Labute approximate surface area is 156 Å². The van der Waals surface area contributed by atoms with Crippen LogP contribution in [0.15, 0.2) is 36.0 Å². The van der Waals surface area contributed by atoms with Gasteiger partial charge >= 0.3 is 0 Å². The molecule has 3 aromatic rings. The molecule has 1 N–H and O–H groups in total. The van der Waals surface area contributed by atoms with Crippen LogP contribution in [0.2, 0.25) is 0 Å². The maximum absolute atomic E-state index is 12.6. The van der Waals surface area contributed by atoms with E-state index < -0.39 is 0 Å². The van der Waals surface area contributed by atoms with Crippen LogP contribution >= 0.6 is 11.8 Å². The Morgan fingerprint density at radius 1 is 1.19 bits per heavy atom. The van der Waals surface area contributed by atoms with Crippen LogP contribution in [0.1, 0.15) is 36.0 Å². The van der Waals surface area contributed by atoms with Crippen LogP contribution in [0, 0.1) is 0 Å². The summed E-state index contributed by atoms with van der Waals surface area (Å²) in [7, 11) is 3.88. The van der Waals surface area contributed by atoms with Crippen molar-refractivity contribution in [3.63, 3.8) is 0 Å². The Balaban J connectivity index is 1.34. The minimum absolute atomic E-state index is 0.0548. The second-order valence-electron chi connectivity index (χ2n) is 6.78. The predicted molar refractivity (Wildman–Crippen MR) is 101 cm³/mol. The minimum atomic E-state index is -0.0548. The van der Waals surface area contributed by atoms with Crippen LogP contribution in [0.4, 0.5) is 0 Å². The van der Waals surface area contributed by atoms with E-state index in [0.29, 0.717) is 10.8 Å². The Morgan fingerprint density at radius 2 is 2.00 bits per heavy atom. The molecule has 7 nitrogen and oxygen atoms in total. The van der Waals surface area contributed by atoms with E-state index in [1.165, 1.54) is 0 Å². The van der Waals surface area contributed by atoms with Crippen molar-refractivity contribution in [1.29, 1.82) is 0 Å². The lowest BCUT2D eigenvalue weighted by Gasteiger charge is -2.28. The molecule has 1 aliphatic carbocycles. The van der Waals surface area contributed by atoms with Gasteiger partial charge < -0.3 is 9.88 Å². The fraction of sp³-hybridized carbons (Fsp3) is 0.444. The fourth-order valence-electron chi connectivity index (χ4n) is 3.36. The Morgan fingerprint density at radius 3 is 2.73 bits per heavy atom. The zero-order valence-electron chi connectivity index (χ0n) is 14.9. The SMILES string of the molecule is Cn1ccnc1SC1CCC(NC(=O)c2cnc3cnn(C)c3c2)CC1. The summed E-state index contributed by atoms with van der Waals surface area (Å²) in [6.45, 7) is 0. The Bertz CT molecular complexity index is 925. The van der Waals surface area contributed by atoms with Gasteiger partial charge in [-0.2, -0.15) is 5.10 Å². The van der Waals surface area contributed by atoms with E-state index in [4.69, 9.17) is 0 Å². The van der Waals surface area contributed by atoms with Gasteiger partial charge in [-0.1, -0.05) is 11.8 Å². The third kappa shape index (κ3) is 3.46. The van der Waals surface area contributed by atoms with Gasteiger partial charge in [-0.3, -0.25) is 14.5 Å². The van der Waals surface area contributed by atoms with Crippen molar-refractivity contribution in [3.05, 3.63) is 36.4 Å². The number of nitrogens with one attached hydrogen (secondary N) is 1. The molecule has 0 spiro atoms. The lowest BCUT2D eigenvalue weighted by Crippen LogP contribution is -2.38. The van der Waals surface area contributed by atoms with Gasteiger partial charge in [-0.15, -0.1) is 0 Å². The molecule has 1 saturated carbocycles. The Hall–Kier alpha value is -2.35. The van der Waals surface area contributed by atoms with Crippen molar-refractivity contribution in [2.45, 2.75) is 42.1 Å². The number of aromatic nitrogens is 5. The average molecular weight is 370 g/mol. The maximum Gasteiger partial charge on any atom is 0.253 e. The molecule has 0 aliphatic heterocycles. The predicted octanol–water partition coefficient (Wildman–Crippen LogP) is 2.54. The number of pyridine rings is 1. The first-order chi connectivity index (χ1) is 12.6. The molecular weight excluding hydrogens is 348 g/mol.